The average Bonchev–Trinajstić information content (AvgIpc) is 2.41. The molecule has 1 fully saturated rings. The fraction of sp³-hybridized carbons (Fsp3) is 0.571. The lowest BCUT2D eigenvalue weighted by atomic mass is 10.0. The van der Waals surface area contributed by atoms with Gasteiger partial charge < -0.3 is 5.73 Å². The Balaban J connectivity index is 2.41. The molecule has 0 spiro atoms. The molecule has 0 aliphatic carbocycles. The van der Waals surface area contributed by atoms with E-state index < -0.39 is 15.8 Å². The van der Waals surface area contributed by atoms with E-state index in [9.17, 15) is 12.8 Å². The fourth-order valence-electron chi connectivity index (χ4n) is 2.62. The number of sulfonamides is 1. The second kappa shape index (κ2) is 5.79. The Morgan fingerprint density at radius 3 is 2.75 bits per heavy atom. The Morgan fingerprint density at radius 1 is 1.45 bits per heavy atom. The molecule has 1 aliphatic heterocycles. The van der Waals surface area contributed by atoms with E-state index in [1.807, 2.05) is 6.92 Å². The molecule has 0 saturated carbocycles. The van der Waals surface area contributed by atoms with E-state index in [2.05, 4.69) is 0 Å². The fourth-order valence-corrected chi connectivity index (χ4v) is 4.35. The van der Waals surface area contributed by atoms with E-state index in [1.165, 1.54) is 16.4 Å². The summed E-state index contributed by atoms with van der Waals surface area (Å²) in [5, 5.41) is 0. The Kier molecular flexibility index (Phi) is 4.46. The van der Waals surface area contributed by atoms with Gasteiger partial charge in [0.25, 0.3) is 0 Å². The Morgan fingerprint density at radius 2 is 2.15 bits per heavy atom. The average molecular weight is 300 g/mol. The number of benzene rings is 1. The van der Waals surface area contributed by atoms with Gasteiger partial charge in [-0.2, -0.15) is 4.31 Å². The van der Waals surface area contributed by atoms with Crippen molar-refractivity contribution >= 4 is 10.0 Å². The normalized spacial score (nSPS) is 21.1. The van der Waals surface area contributed by atoms with Crippen LogP contribution < -0.4 is 5.73 Å². The molecule has 1 aromatic rings. The summed E-state index contributed by atoms with van der Waals surface area (Å²) in [5.74, 6) is -0.0625. The van der Waals surface area contributed by atoms with Crippen molar-refractivity contribution in [2.24, 2.45) is 11.7 Å². The quantitative estimate of drug-likeness (QED) is 0.929. The first kappa shape index (κ1) is 15.4. The number of aryl methyl sites for hydroxylation is 1. The SMILES string of the molecule is Cc1cc(S(=O)(=O)N2CCCC(C)C2)cc(CN)c1F. The van der Waals surface area contributed by atoms with Crippen molar-refractivity contribution in [2.75, 3.05) is 13.1 Å². The lowest BCUT2D eigenvalue weighted by Crippen LogP contribution is -2.39. The van der Waals surface area contributed by atoms with Crippen molar-refractivity contribution in [3.8, 4) is 0 Å². The first-order valence-corrected chi connectivity index (χ1v) is 8.29. The maximum Gasteiger partial charge on any atom is 0.243 e. The van der Waals surface area contributed by atoms with Gasteiger partial charge in [0.2, 0.25) is 10.0 Å². The van der Waals surface area contributed by atoms with E-state index in [4.69, 9.17) is 5.73 Å². The summed E-state index contributed by atoms with van der Waals surface area (Å²) < 4.78 is 40.5. The minimum Gasteiger partial charge on any atom is -0.326 e. The first-order valence-electron chi connectivity index (χ1n) is 6.85. The number of rotatable bonds is 3. The molecule has 1 unspecified atom stereocenters. The van der Waals surface area contributed by atoms with Crippen LogP contribution in [0.25, 0.3) is 0 Å². The summed E-state index contributed by atoms with van der Waals surface area (Å²) in [7, 11) is -3.56. The molecule has 0 amide bonds. The number of nitrogens with zero attached hydrogens (tertiary/aromatic N) is 1. The zero-order valence-electron chi connectivity index (χ0n) is 11.9. The Labute approximate surface area is 119 Å². The van der Waals surface area contributed by atoms with Crippen LogP contribution in [0.15, 0.2) is 17.0 Å². The molecule has 112 valence electrons. The predicted octanol–water partition coefficient (Wildman–Crippen LogP) is 2.01. The molecular weight excluding hydrogens is 279 g/mol. The summed E-state index contributed by atoms with van der Waals surface area (Å²) in [4.78, 5) is 0.144. The minimum atomic E-state index is -3.56. The second-order valence-electron chi connectivity index (χ2n) is 5.53. The summed E-state index contributed by atoms with van der Waals surface area (Å²) in [6.45, 7) is 4.65. The third-order valence-corrected chi connectivity index (χ3v) is 5.62. The van der Waals surface area contributed by atoms with Crippen molar-refractivity contribution in [3.63, 3.8) is 0 Å². The van der Waals surface area contributed by atoms with Gasteiger partial charge in [0.1, 0.15) is 5.82 Å². The number of piperidine rings is 1. The van der Waals surface area contributed by atoms with Crippen LogP contribution in [0.4, 0.5) is 4.39 Å². The third kappa shape index (κ3) is 2.87. The molecule has 1 saturated heterocycles. The molecule has 1 heterocycles. The van der Waals surface area contributed by atoms with E-state index in [0.29, 0.717) is 24.6 Å². The van der Waals surface area contributed by atoms with Crippen LogP contribution in [0.2, 0.25) is 0 Å². The number of nitrogens with two attached hydrogens (primary N) is 1. The van der Waals surface area contributed by atoms with E-state index in [-0.39, 0.29) is 17.0 Å². The molecule has 0 bridgehead atoms. The third-order valence-electron chi connectivity index (χ3n) is 3.78. The van der Waals surface area contributed by atoms with Crippen LogP contribution in [-0.2, 0) is 16.6 Å². The summed E-state index contributed by atoms with van der Waals surface area (Å²) in [6.07, 6.45) is 1.91. The maximum absolute atomic E-state index is 13.8. The van der Waals surface area contributed by atoms with Gasteiger partial charge in [-0.3, -0.25) is 0 Å². The van der Waals surface area contributed by atoms with Gasteiger partial charge >= 0.3 is 0 Å². The van der Waals surface area contributed by atoms with Gasteiger partial charge in [0.05, 0.1) is 4.90 Å². The van der Waals surface area contributed by atoms with Crippen LogP contribution in [0.1, 0.15) is 30.9 Å². The molecule has 4 nitrogen and oxygen atoms in total. The van der Waals surface area contributed by atoms with Crippen molar-refractivity contribution in [1.82, 2.24) is 4.31 Å². The van der Waals surface area contributed by atoms with Crippen LogP contribution in [-0.4, -0.2) is 25.8 Å². The molecule has 1 aliphatic rings. The van der Waals surface area contributed by atoms with Crippen LogP contribution in [0.5, 0.6) is 0 Å². The topological polar surface area (TPSA) is 63.4 Å². The molecule has 2 rings (SSSR count). The monoisotopic (exact) mass is 300 g/mol. The molecule has 2 N–H and O–H groups in total. The van der Waals surface area contributed by atoms with Gasteiger partial charge in [-0.1, -0.05) is 6.92 Å². The van der Waals surface area contributed by atoms with Crippen molar-refractivity contribution < 1.29 is 12.8 Å². The van der Waals surface area contributed by atoms with Crippen molar-refractivity contribution in [3.05, 3.63) is 29.1 Å². The zero-order valence-corrected chi connectivity index (χ0v) is 12.7. The van der Waals surface area contributed by atoms with Gasteiger partial charge in [0.15, 0.2) is 0 Å². The summed E-state index contributed by atoms with van der Waals surface area (Å²) in [5.41, 5.74) is 6.04. The Bertz CT molecular complexity index is 601. The molecular formula is C14H21FN2O2S. The maximum atomic E-state index is 13.8. The van der Waals surface area contributed by atoms with Crippen LogP contribution >= 0.6 is 0 Å². The standard InChI is InChI=1S/C14H21FN2O2S/c1-10-4-3-5-17(9-10)20(18,19)13-6-11(2)14(15)12(7-13)8-16/h6-7,10H,3-5,8-9,16H2,1-2H3. The second-order valence-corrected chi connectivity index (χ2v) is 7.47. The van der Waals surface area contributed by atoms with Gasteiger partial charge in [-0.25, -0.2) is 12.8 Å². The van der Waals surface area contributed by atoms with Crippen molar-refractivity contribution in [2.45, 2.75) is 38.1 Å². The minimum absolute atomic E-state index is 0.00750. The van der Waals surface area contributed by atoms with E-state index in [1.54, 1.807) is 6.92 Å². The van der Waals surface area contributed by atoms with Gasteiger partial charge in [-0.15, -0.1) is 0 Å². The molecule has 20 heavy (non-hydrogen) atoms. The smallest absolute Gasteiger partial charge is 0.243 e. The summed E-state index contributed by atoms with van der Waals surface area (Å²) >= 11 is 0. The predicted molar refractivity (Wildman–Crippen MR) is 76.2 cm³/mol. The van der Waals surface area contributed by atoms with E-state index in [0.717, 1.165) is 12.8 Å². The lowest BCUT2D eigenvalue weighted by Gasteiger charge is -2.30. The number of hydrogen-bond donors (Lipinski definition) is 1. The molecule has 6 heteroatoms. The van der Waals surface area contributed by atoms with Crippen molar-refractivity contribution in [1.29, 1.82) is 0 Å². The van der Waals surface area contributed by atoms with Gasteiger partial charge in [0, 0.05) is 25.2 Å². The highest BCUT2D eigenvalue weighted by atomic mass is 32.2. The highest BCUT2D eigenvalue weighted by molar-refractivity contribution is 7.89. The highest BCUT2D eigenvalue weighted by Crippen LogP contribution is 2.26. The molecule has 1 aromatic carbocycles. The lowest BCUT2D eigenvalue weighted by molar-refractivity contribution is 0.281. The highest BCUT2D eigenvalue weighted by Gasteiger charge is 2.29. The first-order chi connectivity index (χ1) is 9.36. The Hall–Kier alpha value is -0.980. The molecule has 0 aromatic heterocycles. The number of halogens is 1. The number of hydrogen-bond acceptors (Lipinski definition) is 3. The largest absolute Gasteiger partial charge is 0.326 e. The molecule has 1 atom stereocenters. The zero-order chi connectivity index (χ0) is 14.9. The van der Waals surface area contributed by atoms with Gasteiger partial charge in [-0.05, 0) is 43.4 Å². The molecule has 0 radical (unpaired) electrons. The van der Waals surface area contributed by atoms with E-state index >= 15 is 0 Å². The van der Waals surface area contributed by atoms with Crippen LogP contribution in [0.3, 0.4) is 0 Å². The summed E-state index contributed by atoms with van der Waals surface area (Å²) in [6, 6.07) is 2.75. The van der Waals surface area contributed by atoms with Crippen LogP contribution in [0, 0.1) is 18.7 Å².